The van der Waals surface area contributed by atoms with E-state index in [2.05, 4.69) is 0 Å². The third kappa shape index (κ3) is 1.09. The molecule has 2 fully saturated rings. The summed E-state index contributed by atoms with van der Waals surface area (Å²) in [5, 5.41) is 0. The van der Waals surface area contributed by atoms with E-state index in [4.69, 9.17) is 9.47 Å². The van der Waals surface area contributed by atoms with Crippen molar-refractivity contribution in [1.82, 2.24) is 0 Å². The summed E-state index contributed by atoms with van der Waals surface area (Å²) in [6.45, 7) is 2.02. The van der Waals surface area contributed by atoms with Gasteiger partial charge in [-0.2, -0.15) is 0 Å². The highest BCUT2D eigenvalue weighted by Gasteiger charge is 2.69. The number of Topliss-reactive ketones (excluding diaryl/α,β-unsaturated/α-hetero) is 1. The molecule has 0 bridgehead atoms. The van der Waals surface area contributed by atoms with Crippen molar-refractivity contribution in [2.45, 2.75) is 37.9 Å². The highest BCUT2D eigenvalue weighted by Crippen LogP contribution is 2.46. The fourth-order valence-electron chi connectivity index (χ4n) is 1.86. The molecule has 2 aliphatic rings. The largest absolute Gasteiger partial charge is 0.463 e. The van der Waals surface area contributed by atoms with Gasteiger partial charge < -0.3 is 9.47 Å². The fourth-order valence-corrected chi connectivity index (χ4v) is 1.86. The lowest BCUT2D eigenvalue weighted by Gasteiger charge is -2.13. The van der Waals surface area contributed by atoms with Crippen molar-refractivity contribution in [3.63, 3.8) is 0 Å². The Morgan fingerprint density at radius 2 is 2.54 bits per heavy atom. The molecule has 4 heteroatoms. The molecule has 1 aliphatic carbocycles. The van der Waals surface area contributed by atoms with E-state index in [1.165, 1.54) is 0 Å². The van der Waals surface area contributed by atoms with Gasteiger partial charge in [0.25, 0.3) is 0 Å². The molecule has 4 nitrogen and oxygen atoms in total. The molecule has 1 aliphatic heterocycles. The molecule has 0 radical (unpaired) electrons. The van der Waals surface area contributed by atoms with Crippen LogP contribution in [0.15, 0.2) is 0 Å². The van der Waals surface area contributed by atoms with Crippen LogP contribution in [0.25, 0.3) is 0 Å². The molecule has 1 heterocycles. The van der Waals surface area contributed by atoms with Crippen molar-refractivity contribution < 1.29 is 19.1 Å². The maximum Gasteiger partial charge on any atom is 0.349 e. The Labute approximate surface area is 76.2 Å². The number of ketones is 1. The SMILES string of the molecule is CCOC(=O)C12OC1CCCC2=O. The molecule has 0 aromatic rings. The number of ether oxygens (including phenoxy) is 2. The van der Waals surface area contributed by atoms with E-state index < -0.39 is 11.6 Å². The Kier molecular flexibility index (Phi) is 1.87. The van der Waals surface area contributed by atoms with Crippen LogP contribution in [0.5, 0.6) is 0 Å². The van der Waals surface area contributed by atoms with Crippen molar-refractivity contribution >= 4 is 11.8 Å². The third-order valence-corrected chi connectivity index (χ3v) is 2.59. The normalized spacial score (nSPS) is 36.7. The average molecular weight is 184 g/mol. The summed E-state index contributed by atoms with van der Waals surface area (Å²) < 4.78 is 9.98. The molecule has 2 unspecified atom stereocenters. The van der Waals surface area contributed by atoms with Crippen molar-refractivity contribution in [2.24, 2.45) is 0 Å². The Hall–Kier alpha value is -0.900. The van der Waals surface area contributed by atoms with E-state index in [-0.39, 0.29) is 11.9 Å². The molecule has 0 N–H and O–H groups in total. The second-order valence-corrected chi connectivity index (χ2v) is 3.38. The van der Waals surface area contributed by atoms with Crippen LogP contribution in [0.1, 0.15) is 26.2 Å². The second kappa shape index (κ2) is 2.80. The topological polar surface area (TPSA) is 55.9 Å². The monoisotopic (exact) mass is 184 g/mol. The highest BCUT2D eigenvalue weighted by atomic mass is 16.7. The lowest BCUT2D eigenvalue weighted by molar-refractivity contribution is -0.153. The zero-order valence-electron chi connectivity index (χ0n) is 7.54. The summed E-state index contributed by atoms with van der Waals surface area (Å²) in [7, 11) is 0. The second-order valence-electron chi connectivity index (χ2n) is 3.38. The summed E-state index contributed by atoms with van der Waals surface area (Å²) in [6, 6.07) is 0. The molecule has 2 rings (SSSR count). The summed E-state index contributed by atoms with van der Waals surface area (Å²) >= 11 is 0. The summed E-state index contributed by atoms with van der Waals surface area (Å²) in [5.74, 6) is -0.605. The predicted octanol–water partition coefficient (Wildman–Crippen LogP) is 0.440. The Balaban J connectivity index is 2.12. The van der Waals surface area contributed by atoms with Crippen molar-refractivity contribution in [3.05, 3.63) is 0 Å². The first-order valence-corrected chi connectivity index (χ1v) is 4.60. The van der Waals surface area contributed by atoms with Crippen LogP contribution in [0.4, 0.5) is 0 Å². The van der Waals surface area contributed by atoms with E-state index in [0.29, 0.717) is 13.0 Å². The fraction of sp³-hybridized carbons (Fsp3) is 0.778. The van der Waals surface area contributed by atoms with Crippen molar-refractivity contribution in [1.29, 1.82) is 0 Å². The van der Waals surface area contributed by atoms with E-state index in [1.807, 2.05) is 0 Å². The van der Waals surface area contributed by atoms with Gasteiger partial charge in [0.15, 0.2) is 5.78 Å². The molecular formula is C9H12O4. The molecule has 0 amide bonds. The van der Waals surface area contributed by atoms with Crippen LogP contribution in [0.2, 0.25) is 0 Å². The first-order valence-electron chi connectivity index (χ1n) is 4.60. The minimum atomic E-state index is -1.19. The Morgan fingerprint density at radius 1 is 1.77 bits per heavy atom. The zero-order chi connectivity index (χ0) is 9.47. The van der Waals surface area contributed by atoms with Gasteiger partial charge in [0.2, 0.25) is 5.60 Å². The quantitative estimate of drug-likeness (QED) is 0.355. The van der Waals surface area contributed by atoms with Gasteiger partial charge in [-0.25, -0.2) is 4.79 Å². The van der Waals surface area contributed by atoms with Crippen LogP contribution in [0, 0.1) is 0 Å². The van der Waals surface area contributed by atoms with Crippen molar-refractivity contribution in [2.75, 3.05) is 6.61 Å². The van der Waals surface area contributed by atoms with Gasteiger partial charge in [-0.3, -0.25) is 4.79 Å². The van der Waals surface area contributed by atoms with Crippen LogP contribution < -0.4 is 0 Å². The van der Waals surface area contributed by atoms with Crippen LogP contribution in [0.3, 0.4) is 0 Å². The molecule has 13 heavy (non-hydrogen) atoms. The Bertz CT molecular complexity index is 260. The number of carbonyl (C=O) groups is 2. The van der Waals surface area contributed by atoms with Gasteiger partial charge in [-0.1, -0.05) is 0 Å². The van der Waals surface area contributed by atoms with E-state index in [1.54, 1.807) is 6.92 Å². The first-order chi connectivity index (χ1) is 6.21. The molecule has 72 valence electrons. The molecule has 1 saturated heterocycles. The number of rotatable bonds is 2. The van der Waals surface area contributed by atoms with Gasteiger partial charge in [0.05, 0.1) is 6.61 Å². The lowest BCUT2D eigenvalue weighted by atomic mass is 9.88. The first kappa shape index (κ1) is 8.69. The van der Waals surface area contributed by atoms with Crippen LogP contribution in [-0.4, -0.2) is 30.1 Å². The maximum atomic E-state index is 11.4. The molecular weight excluding hydrogens is 172 g/mol. The van der Waals surface area contributed by atoms with Gasteiger partial charge >= 0.3 is 5.97 Å². The summed E-state index contributed by atoms with van der Waals surface area (Å²) in [5.41, 5.74) is -1.19. The smallest absolute Gasteiger partial charge is 0.349 e. The van der Waals surface area contributed by atoms with E-state index in [9.17, 15) is 9.59 Å². The van der Waals surface area contributed by atoms with E-state index in [0.717, 1.165) is 12.8 Å². The van der Waals surface area contributed by atoms with Crippen LogP contribution >= 0.6 is 0 Å². The van der Waals surface area contributed by atoms with Gasteiger partial charge in [-0.05, 0) is 19.8 Å². The summed E-state index contributed by atoms with van der Waals surface area (Å²) in [4.78, 5) is 22.9. The number of hydrogen-bond acceptors (Lipinski definition) is 4. The molecule has 0 aromatic heterocycles. The zero-order valence-corrected chi connectivity index (χ0v) is 7.54. The van der Waals surface area contributed by atoms with Gasteiger partial charge in [0, 0.05) is 6.42 Å². The molecule has 1 saturated carbocycles. The standard InChI is InChI=1S/C9H12O4/c1-2-12-8(11)9-6(10)4-3-5-7(9)13-9/h7H,2-5H2,1H3. The number of carbonyl (C=O) groups excluding carboxylic acids is 2. The number of esters is 1. The lowest BCUT2D eigenvalue weighted by Crippen LogP contribution is -2.40. The Morgan fingerprint density at radius 3 is 3.15 bits per heavy atom. The number of epoxide rings is 1. The minimum absolute atomic E-state index is 0.109. The molecule has 0 aromatic carbocycles. The third-order valence-electron chi connectivity index (χ3n) is 2.59. The van der Waals surface area contributed by atoms with Crippen LogP contribution in [-0.2, 0) is 19.1 Å². The summed E-state index contributed by atoms with van der Waals surface area (Å²) in [6.07, 6.45) is 1.86. The highest BCUT2D eigenvalue weighted by molar-refractivity contribution is 6.11. The van der Waals surface area contributed by atoms with E-state index >= 15 is 0 Å². The number of hydrogen-bond donors (Lipinski definition) is 0. The molecule has 2 atom stereocenters. The minimum Gasteiger partial charge on any atom is -0.463 e. The van der Waals surface area contributed by atoms with Gasteiger partial charge in [-0.15, -0.1) is 0 Å². The maximum absolute atomic E-state index is 11.4. The van der Waals surface area contributed by atoms with Crippen molar-refractivity contribution in [3.8, 4) is 0 Å². The molecule has 0 spiro atoms. The predicted molar refractivity (Wildman–Crippen MR) is 43.1 cm³/mol. The average Bonchev–Trinajstić information content (AvgIpc) is 2.82. The number of fused-ring (bicyclic) bond motifs is 1. The van der Waals surface area contributed by atoms with Gasteiger partial charge in [0.1, 0.15) is 6.10 Å².